The first-order valence-corrected chi connectivity index (χ1v) is 7.81. The summed E-state index contributed by atoms with van der Waals surface area (Å²) in [4.78, 5) is 25.6. The molecule has 1 aromatic heterocycles. The zero-order valence-electron chi connectivity index (χ0n) is 13.1. The van der Waals surface area contributed by atoms with E-state index in [0.717, 1.165) is 30.8 Å². The number of aromatic nitrogens is 2. The second-order valence-electron chi connectivity index (χ2n) is 5.42. The van der Waals surface area contributed by atoms with Crippen LogP contribution in [0.5, 0.6) is 0 Å². The molecule has 0 N–H and O–H groups in total. The number of esters is 1. The summed E-state index contributed by atoms with van der Waals surface area (Å²) in [5.74, 6) is -0.234. The van der Waals surface area contributed by atoms with E-state index in [9.17, 15) is 9.59 Å². The van der Waals surface area contributed by atoms with E-state index in [0.29, 0.717) is 18.6 Å². The topological polar surface area (TPSA) is 64.4 Å². The van der Waals surface area contributed by atoms with Crippen LogP contribution >= 0.6 is 0 Å². The minimum absolute atomic E-state index is 0.154. The van der Waals surface area contributed by atoms with Crippen molar-refractivity contribution in [2.75, 3.05) is 18.1 Å². The average Bonchev–Trinajstić information content (AvgIpc) is 3.06. The van der Waals surface area contributed by atoms with Crippen LogP contribution in [0.25, 0.3) is 5.69 Å². The van der Waals surface area contributed by atoms with E-state index in [1.165, 1.54) is 6.20 Å². The van der Waals surface area contributed by atoms with Crippen LogP contribution in [0.4, 0.5) is 5.69 Å². The van der Waals surface area contributed by atoms with Gasteiger partial charge in [0.2, 0.25) is 5.91 Å². The Bertz CT molecular complexity index is 723. The van der Waals surface area contributed by atoms with Gasteiger partial charge in [0.1, 0.15) is 0 Å². The number of piperidine rings is 1. The van der Waals surface area contributed by atoms with Gasteiger partial charge in [-0.15, -0.1) is 0 Å². The van der Waals surface area contributed by atoms with Gasteiger partial charge >= 0.3 is 5.97 Å². The van der Waals surface area contributed by atoms with Crippen molar-refractivity contribution in [3.63, 3.8) is 0 Å². The Morgan fingerprint density at radius 1 is 1.30 bits per heavy atom. The molecule has 2 heterocycles. The highest BCUT2D eigenvalue weighted by atomic mass is 16.5. The monoisotopic (exact) mass is 313 g/mol. The van der Waals surface area contributed by atoms with Crippen molar-refractivity contribution in [2.45, 2.75) is 26.2 Å². The third-order valence-electron chi connectivity index (χ3n) is 3.82. The van der Waals surface area contributed by atoms with E-state index in [2.05, 4.69) is 5.10 Å². The summed E-state index contributed by atoms with van der Waals surface area (Å²) in [6.07, 6.45) is 5.69. The maximum atomic E-state index is 12.1. The lowest BCUT2D eigenvalue weighted by atomic mass is 10.1. The average molecular weight is 313 g/mol. The second-order valence-corrected chi connectivity index (χ2v) is 5.42. The zero-order chi connectivity index (χ0) is 16.2. The highest BCUT2D eigenvalue weighted by molar-refractivity contribution is 5.94. The molecule has 1 saturated heterocycles. The molecular weight excluding hydrogens is 294 g/mol. The Balaban J connectivity index is 1.85. The standard InChI is InChI=1S/C17H19N3O3/c1-2-23-17(22)13-11-18-20(12-13)15-7-5-6-14(10-15)19-9-4-3-8-16(19)21/h5-7,10-12H,2-4,8-9H2,1H3. The van der Waals surface area contributed by atoms with Gasteiger partial charge in [0.25, 0.3) is 0 Å². The number of rotatable bonds is 4. The van der Waals surface area contributed by atoms with Crippen LogP contribution in [0, 0.1) is 0 Å². The van der Waals surface area contributed by atoms with Crippen LogP contribution in [-0.4, -0.2) is 34.8 Å². The molecule has 1 aliphatic rings. The molecule has 0 spiro atoms. The molecule has 1 aliphatic heterocycles. The van der Waals surface area contributed by atoms with E-state index in [1.54, 1.807) is 17.8 Å². The lowest BCUT2D eigenvalue weighted by molar-refractivity contribution is -0.119. The smallest absolute Gasteiger partial charge is 0.341 e. The Kier molecular flexibility index (Phi) is 4.41. The molecule has 0 bridgehead atoms. The van der Waals surface area contributed by atoms with Crippen LogP contribution in [-0.2, 0) is 9.53 Å². The van der Waals surface area contributed by atoms with E-state index < -0.39 is 0 Å². The summed E-state index contributed by atoms with van der Waals surface area (Å²) in [5.41, 5.74) is 2.07. The number of nitrogens with zero attached hydrogens (tertiary/aromatic N) is 3. The number of hydrogen-bond donors (Lipinski definition) is 0. The Morgan fingerprint density at radius 2 is 2.13 bits per heavy atom. The van der Waals surface area contributed by atoms with Crippen LogP contribution in [0.2, 0.25) is 0 Å². The van der Waals surface area contributed by atoms with Gasteiger partial charge in [-0.1, -0.05) is 6.07 Å². The highest BCUT2D eigenvalue weighted by Gasteiger charge is 2.20. The number of amides is 1. The Labute approximate surface area is 134 Å². The lowest BCUT2D eigenvalue weighted by Gasteiger charge is -2.27. The van der Waals surface area contributed by atoms with Crippen molar-refractivity contribution < 1.29 is 14.3 Å². The van der Waals surface area contributed by atoms with Crippen molar-refractivity contribution in [1.29, 1.82) is 0 Å². The first-order chi connectivity index (χ1) is 11.2. The summed E-state index contributed by atoms with van der Waals surface area (Å²) >= 11 is 0. The van der Waals surface area contributed by atoms with Gasteiger partial charge in [0.15, 0.2) is 0 Å². The third kappa shape index (κ3) is 3.26. The quantitative estimate of drug-likeness (QED) is 0.814. The summed E-state index contributed by atoms with van der Waals surface area (Å²) in [6.45, 7) is 2.84. The molecule has 23 heavy (non-hydrogen) atoms. The molecule has 1 fully saturated rings. The van der Waals surface area contributed by atoms with Gasteiger partial charge < -0.3 is 9.64 Å². The number of carbonyl (C=O) groups is 2. The molecule has 0 aliphatic carbocycles. The fourth-order valence-corrected chi connectivity index (χ4v) is 2.67. The SMILES string of the molecule is CCOC(=O)c1cnn(-c2cccc(N3CCCCC3=O)c2)c1. The maximum absolute atomic E-state index is 12.1. The molecule has 2 aromatic rings. The second kappa shape index (κ2) is 6.64. The predicted molar refractivity (Wildman–Crippen MR) is 85.7 cm³/mol. The zero-order valence-corrected chi connectivity index (χ0v) is 13.1. The van der Waals surface area contributed by atoms with Gasteiger partial charge in [-0.05, 0) is 38.0 Å². The molecular formula is C17H19N3O3. The van der Waals surface area contributed by atoms with Crippen molar-refractivity contribution >= 4 is 17.6 Å². The lowest BCUT2D eigenvalue weighted by Crippen LogP contribution is -2.35. The van der Waals surface area contributed by atoms with Crippen molar-refractivity contribution in [2.24, 2.45) is 0 Å². The first-order valence-electron chi connectivity index (χ1n) is 7.81. The number of carbonyl (C=O) groups excluding carboxylic acids is 2. The number of ether oxygens (including phenoxy) is 1. The molecule has 3 rings (SSSR count). The molecule has 0 unspecified atom stereocenters. The Hall–Kier alpha value is -2.63. The van der Waals surface area contributed by atoms with Crippen LogP contribution in [0.15, 0.2) is 36.7 Å². The number of benzene rings is 1. The molecule has 0 atom stereocenters. The molecule has 1 amide bonds. The highest BCUT2D eigenvalue weighted by Crippen LogP contribution is 2.23. The van der Waals surface area contributed by atoms with Gasteiger partial charge in [0.05, 0.1) is 24.1 Å². The van der Waals surface area contributed by atoms with Gasteiger partial charge in [-0.25, -0.2) is 9.48 Å². The summed E-state index contributed by atoms with van der Waals surface area (Å²) < 4.78 is 6.58. The van der Waals surface area contributed by atoms with Crippen LogP contribution < -0.4 is 4.90 Å². The maximum Gasteiger partial charge on any atom is 0.341 e. The molecule has 120 valence electrons. The minimum Gasteiger partial charge on any atom is -0.462 e. The van der Waals surface area contributed by atoms with Crippen molar-refractivity contribution in [1.82, 2.24) is 9.78 Å². The minimum atomic E-state index is -0.388. The number of anilines is 1. The third-order valence-corrected chi connectivity index (χ3v) is 3.82. The molecule has 0 radical (unpaired) electrons. The van der Waals surface area contributed by atoms with E-state index in [-0.39, 0.29) is 11.9 Å². The molecule has 6 nitrogen and oxygen atoms in total. The van der Waals surface area contributed by atoms with E-state index in [1.807, 2.05) is 29.2 Å². The Morgan fingerprint density at radius 3 is 2.91 bits per heavy atom. The van der Waals surface area contributed by atoms with Crippen LogP contribution in [0.3, 0.4) is 0 Å². The summed E-state index contributed by atoms with van der Waals surface area (Å²) in [7, 11) is 0. The van der Waals surface area contributed by atoms with Crippen molar-refractivity contribution in [3.05, 3.63) is 42.2 Å². The van der Waals surface area contributed by atoms with E-state index >= 15 is 0 Å². The van der Waals surface area contributed by atoms with Gasteiger partial charge in [0, 0.05) is 24.8 Å². The summed E-state index contributed by atoms with van der Waals surface area (Å²) in [6, 6.07) is 7.60. The molecule has 0 saturated carbocycles. The van der Waals surface area contributed by atoms with Gasteiger partial charge in [-0.2, -0.15) is 5.10 Å². The van der Waals surface area contributed by atoms with Crippen molar-refractivity contribution in [3.8, 4) is 5.69 Å². The number of hydrogen-bond acceptors (Lipinski definition) is 4. The van der Waals surface area contributed by atoms with Crippen LogP contribution in [0.1, 0.15) is 36.5 Å². The van der Waals surface area contributed by atoms with Gasteiger partial charge in [-0.3, -0.25) is 4.79 Å². The molecule has 6 heteroatoms. The fraction of sp³-hybridized carbons (Fsp3) is 0.353. The van der Waals surface area contributed by atoms with E-state index in [4.69, 9.17) is 4.74 Å². The normalized spacial score (nSPS) is 14.8. The molecule has 1 aromatic carbocycles. The predicted octanol–water partition coefficient (Wildman–Crippen LogP) is 2.57. The first kappa shape index (κ1) is 15.3. The fourth-order valence-electron chi connectivity index (χ4n) is 2.67. The summed E-state index contributed by atoms with van der Waals surface area (Å²) in [5, 5.41) is 4.21. The largest absolute Gasteiger partial charge is 0.462 e.